The van der Waals surface area contributed by atoms with Gasteiger partial charge in [-0.2, -0.15) is 0 Å². The van der Waals surface area contributed by atoms with E-state index in [9.17, 15) is 4.39 Å². The van der Waals surface area contributed by atoms with Crippen LogP contribution in [0.25, 0.3) is 0 Å². The zero-order chi connectivity index (χ0) is 13.8. The SMILES string of the molecule is N=C(N)c1cc(F)cc(COc2cncc(Cl)c2)c1. The summed E-state index contributed by atoms with van der Waals surface area (Å²) < 4.78 is 18.8. The second kappa shape index (κ2) is 5.67. The van der Waals surface area contributed by atoms with Gasteiger partial charge in [0.25, 0.3) is 0 Å². The Bertz CT molecular complexity index is 619. The fraction of sp³-hybridized carbons (Fsp3) is 0.0769. The highest BCUT2D eigenvalue weighted by molar-refractivity contribution is 6.30. The first kappa shape index (κ1) is 13.3. The highest BCUT2D eigenvalue weighted by atomic mass is 35.5. The van der Waals surface area contributed by atoms with Crippen LogP contribution in [0.15, 0.2) is 36.7 Å². The smallest absolute Gasteiger partial charge is 0.139 e. The summed E-state index contributed by atoms with van der Waals surface area (Å²) in [6, 6.07) is 5.74. The topological polar surface area (TPSA) is 72.0 Å². The number of nitrogen functional groups attached to an aromatic ring is 1. The fourth-order valence-electron chi connectivity index (χ4n) is 1.53. The van der Waals surface area contributed by atoms with E-state index in [2.05, 4.69) is 4.98 Å². The van der Waals surface area contributed by atoms with Crippen molar-refractivity contribution in [2.24, 2.45) is 5.73 Å². The molecule has 0 amide bonds. The minimum absolute atomic E-state index is 0.139. The van der Waals surface area contributed by atoms with Crippen molar-refractivity contribution in [1.29, 1.82) is 5.41 Å². The molecule has 4 nitrogen and oxygen atoms in total. The van der Waals surface area contributed by atoms with Crippen LogP contribution in [0.3, 0.4) is 0 Å². The molecule has 19 heavy (non-hydrogen) atoms. The van der Waals surface area contributed by atoms with Gasteiger partial charge in [0.05, 0.1) is 11.2 Å². The maximum atomic E-state index is 13.3. The molecule has 0 saturated carbocycles. The summed E-state index contributed by atoms with van der Waals surface area (Å²) in [5.41, 5.74) is 6.22. The molecule has 0 unspecified atom stereocenters. The minimum atomic E-state index is -0.462. The van der Waals surface area contributed by atoms with E-state index in [-0.39, 0.29) is 12.4 Å². The van der Waals surface area contributed by atoms with E-state index in [0.717, 1.165) is 0 Å². The lowest BCUT2D eigenvalue weighted by Gasteiger charge is -2.08. The number of nitrogens with two attached hydrogens (primary N) is 1. The van der Waals surface area contributed by atoms with E-state index in [1.54, 1.807) is 12.1 Å². The van der Waals surface area contributed by atoms with Gasteiger partial charge in [-0.3, -0.25) is 10.4 Å². The molecule has 1 aromatic carbocycles. The summed E-state index contributed by atoms with van der Waals surface area (Å²) in [6.07, 6.45) is 3.00. The number of amidine groups is 1. The number of aromatic nitrogens is 1. The van der Waals surface area contributed by atoms with E-state index in [4.69, 9.17) is 27.5 Å². The van der Waals surface area contributed by atoms with Gasteiger partial charge >= 0.3 is 0 Å². The van der Waals surface area contributed by atoms with Crippen LogP contribution in [0, 0.1) is 11.2 Å². The average Bonchev–Trinajstić information content (AvgIpc) is 2.36. The van der Waals surface area contributed by atoms with Gasteiger partial charge in [0.2, 0.25) is 0 Å². The van der Waals surface area contributed by atoms with Gasteiger partial charge in [0, 0.05) is 17.8 Å². The largest absolute Gasteiger partial charge is 0.487 e. The first-order valence-corrected chi connectivity index (χ1v) is 5.79. The van der Waals surface area contributed by atoms with Crippen molar-refractivity contribution in [3.05, 3.63) is 58.6 Å². The van der Waals surface area contributed by atoms with Crippen LogP contribution in [0.1, 0.15) is 11.1 Å². The van der Waals surface area contributed by atoms with E-state index in [1.165, 1.54) is 24.5 Å². The average molecular weight is 280 g/mol. The van der Waals surface area contributed by atoms with Gasteiger partial charge in [-0.25, -0.2) is 4.39 Å². The lowest BCUT2D eigenvalue weighted by atomic mass is 10.1. The van der Waals surface area contributed by atoms with Crippen molar-refractivity contribution in [2.75, 3.05) is 0 Å². The molecule has 2 rings (SSSR count). The first-order chi connectivity index (χ1) is 9.04. The van der Waals surface area contributed by atoms with Crippen LogP contribution in [0.4, 0.5) is 4.39 Å². The van der Waals surface area contributed by atoms with Crippen LogP contribution in [-0.2, 0) is 6.61 Å². The molecule has 0 radical (unpaired) electrons. The second-order valence-electron chi connectivity index (χ2n) is 3.89. The number of hydrogen-bond acceptors (Lipinski definition) is 3. The van der Waals surface area contributed by atoms with Crippen molar-refractivity contribution in [2.45, 2.75) is 6.61 Å². The highest BCUT2D eigenvalue weighted by Gasteiger charge is 2.04. The minimum Gasteiger partial charge on any atom is -0.487 e. The lowest BCUT2D eigenvalue weighted by molar-refractivity contribution is 0.304. The molecule has 1 aromatic heterocycles. The molecule has 0 aliphatic heterocycles. The Kier molecular flexibility index (Phi) is 3.97. The van der Waals surface area contributed by atoms with Crippen molar-refractivity contribution in [3.63, 3.8) is 0 Å². The molecule has 1 heterocycles. The van der Waals surface area contributed by atoms with Gasteiger partial charge < -0.3 is 10.5 Å². The molecular formula is C13H11ClFN3O. The zero-order valence-corrected chi connectivity index (χ0v) is 10.6. The number of ether oxygens (including phenoxy) is 1. The number of rotatable bonds is 4. The van der Waals surface area contributed by atoms with E-state index in [1.807, 2.05) is 0 Å². The maximum absolute atomic E-state index is 13.3. The molecule has 98 valence electrons. The molecule has 0 atom stereocenters. The van der Waals surface area contributed by atoms with Gasteiger partial charge in [-0.15, -0.1) is 0 Å². The summed E-state index contributed by atoms with van der Waals surface area (Å²) in [4.78, 5) is 3.87. The Labute approximate surface area is 114 Å². The van der Waals surface area contributed by atoms with E-state index in [0.29, 0.717) is 21.9 Å². The molecule has 0 saturated heterocycles. The molecule has 0 aliphatic carbocycles. The third-order valence-corrected chi connectivity index (χ3v) is 2.56. The second-order valence-corrected chi connectivity index (χ2v) is 4.33. The number of hydrogen-bond donors (Lipinski definition) is 2. The molecule has 2 aromatic rings. The van der Waals surface area contributed by atoms with Crippen molar-refractivity contribution in [3.8, 4) is 5.75 Å². The lowest BCUT2D eigenvalue weighted by Crippen LogP contribution is -2.12. The Balaban J connectivity index is 2.13. The normalized spacial score (nSPS) is 10.2. The number of halogens is 2. The Hall–Kier alpha value is -2.14. The summed E-state index contributed by atoms with van der Waals surface area (Å²) in [7, 11) is 0. The van der Waals surface area contributed by atoms with Crippen LogP contribution in [0.2, 0.25) is 5.02 Å². The number of benzene rings is 1. The number of pyridine rings is 1. The molecular weight excluding hydrogens is 269 g/mol. The Morgan fingerprint density at radius 2 is 2.11 bits per heavy atom. The fourth-order valence-corrected chi connectivity index (χ4v) is 1.69. The van der Waals surface area contributed by atoms with Gasteiger partial charge in [-0.1, -0.05) is 11.6 Å². The Morgan fingerprint density at radius 3 is 2.79 bits per heavy atom. The quantitative estimate of drug-likeness (QED) is 0.668. The third-order valence-electron chi connectivity index (χ3n) is 2.35. The van der Waals surface area contributed by atoms with Crippen LogP contribution < -0.4 is 10.5 Å². The first-order valence-electron chi connectivity index (χ1n) is 5.42. The number of nitrogens with zero attached hydrogens (tertiary/aromatic N) is 1. The highest BCUT2D eigenvalue weighted by Crippen LogP contribution is 2.17. The van der Waals surface area contributed by atoms with Crippen LogP contribution >= 0.6 is 11.6 Å². The van der Waals surface area contributed by atoms with Gasteiger partial charge in [-0.05, 0) is 23.8 Å². The van der Waals surface area contributed by atoms with E-state index >= 15 is 0 Å². The molecule has 0 fully saturated rings. The van der Waals surface area contributed by atoms with Crippen LogP contribution in [-0.4, -0.2) is 10.8 Å². The van der Waals surface area contributed by atoms with Crippen molar-refractivity contribution < 1.29 is 9.13 Å². The summed E-state index contributed by atoms with van der Waals surface area (Å²) in [5, 5.41) is 7.76. The molecule has 0 aliphatic rings. The Morgan fingerprint density at radius 1 is 1.32 bits per heavy atom. The van der Waals surface area contributed by atoms with Crippen molar-refractivity contribution in [1.82, 2.24) is 4.98 Å². The third kappa shape index (κ3) is 3.66. The molecule has 0 spiro atoms. The molecule has 6 heteroatoms. The summed E-state index contributed by atoms with van der Waals surface area (Å²) in [6.45, 7) is 0.139. The monoisotopic (exact) mass is 279 g/mol. The van der Waals surface area contributed by atoms with E-state index < -0.39 is 5.82 Å². The summed E-state index contributed by atoms with van der Waals surface area (Å²) in [5.74, 6) is -0.165. The summed E-state index contributed by atoms with van der Waals surface area (Å²) >= 11 is 5.77. The standard InChI is InChI=1S/C13H11ClFN3O/c14-10-4-12(6-18-5-10)19-7-8-1-9(13(16)17)3-11(15)2-8/h1-6H,7H2,(H3,16,17). The van der Waals surface area contributed by atoms with Gasteiger partial charge in [0.15, 0.2) is 0 Å². The van der Waals surface area contributed by atoms with Gasteiger partial charge in [0.1, 0.15) is 24.0 Å². The maximum Gasteiger partial charge on any atom is 0.139 e. The molecule has 0 bridgehead atoms. The van der Waals surface area contributed by atoms with Crippen molar-refractivity contribution >= 4 is 17.4 Å². The predicted molar refractivity (Wildman–Crippen MR) is 71.0 cm³/mol. The van der Waals surface area contributed by atoms with Crippen LogP contribution in [0.5, 0.6) is 5.75 Å². The zero-order valence-electron chi connectivity index (χ0n) is 9.86. The molecule has 3 N–H and O–H groups in total. The predicted octanol–water partition coefficient (Wildman–Crippen LogP) is 2.74. The number of nitrogens with one attached hydrogen (secondary N) is 1.